The van der Waals surface area contributed by atoms with Crippen LogP contribution in [0.2, 0.25) is 0 Å². The van der Waals surface area contributed by atoms with E-state index in [0.29, 0.717) is 30.4 Å². The molecule has 2 aromatic rings. The normalized spacial score (nSPS) is 14.2. The number of anilines is 2. The summed E-state index contributed by atoms with van der Waals surface area (Å²) in [6, 6.07) is 9.41. The maximum absolute atomic E-state index is 13.0. The highest BCUT2D eigenvalue weighted by Gasteiger charge is 2.19. The second-order valence-corrected chi connectivity index (χ2v) is 9.02. The van der Waals surface area contributed by atoms with Gasteiger partial charge in [-0.3, -0.25) is 14.3 Å². The van der Waals surface area contributed by atoms with Crippen LogP contribution in [-0.4, -0.2) is 39.7 Å². The molecule has 3 N–H and O–H groups in total. The number of benzene rings is 2. The van der Waals surface area contributed by atoms with Crippen LogP contribution in [0, 0.1) is 0 Å². The summed E-state index contributed by atoms with van der Waals surface area (Å²) in [4.78, 5) is 24.4. The Morgan fingerprint density at radius 3 is 2.42 bits per heavy atom. The van der Waals surface area contributed by atoms with Crippen molar-refractivity contribution in [3.05, 3.63) is 47.5 Å². The molecule has 1 atom stereocenters. The first-order valence-corrected chi connectivity index (χ1v) is 11.6. The summed E-state index contributed by atoms with van der Waals surface area (Å²) in [7, 11) is -3.61. The SMILES string of the molecule is CC(=O)Nc1ccc(NS(C)(=O)=O)c(C(=O)NC(C)c2ccc3c(c2)OCCCO3)c1. The summed E-state index contributed by atoms with van der Waals surface area (Å²) < 4.78 is 37.1. The van der Waals surface area contributed by atoms with Gasteiger partial charge >= 0.3 is 0 Å². The van der Waals surface area contributed by atoms with Gasteiger partial charge in [0.25, 0.3) is 5.91 Å². The largest absolute Gasteiger partial charge is 0.490 e. The van der Waals surface area contributed by atoms with Crippen molar-refractivity contribution in [1.82, 2.24) is 5.32 Å². The zero-order valence-electron chi connectivity index (χ0n) is 17.5. The van der Waals surface area contributed by atoms with Gasteiger partial charge in [0.2, 0.25) is 15.9 Å². The molecule has 1 aliphatic rings. The van der Waals surface area contributed by atoms with Gasteiger partial charge in [-0.1, -0.05) is 6.07 Å². The Balaban J connectivity index is 1.85. The molecule has 31 heavy (non-hydrogen) atoms. The lowest BCUT2D eigenvalue weighted by Crippen LogP contribution is -2.28. The van der Waals surface area contributed by atoms with Crippen molar-refractivity contribution in [2.45, 2.75) is 26.3 Å². The van der Waals surface area contributed by atoms with Crippen LogP contribution in [0.4, 0.5) is 11.4 Å². The number of amides is 2. The van der Waals surface area contributed by atoms with E-state index in [0.717, 1.165) is 18.2 Å². The molecule has 10 heteroatoms. The van der Waals surface area contributed by atoms with Gasteiger partial charge in [-0.2, -0.15) is 0 Å². The van der Waals surface area contributed by atoms with E-state index in [1.807, 2.05) is 12.1 Å². The Bertz CT molecular complexity index is 1100. The summed E-state index contributed by atoms with van der Waals surface area (Å²) in [5.41, 5.74) is 1.37. The highest BCUT2D eigenvalue weighted by molar-refractivity contribution is 7.92. The number of hydrogen-bond donors (Lipinski definition) is 3. The van der Waals surface area contributed by atoms with Crippen LogP contribution in [-0.2, 0) is 14.8 Å². The second-order valence-electron chi connectivity index (χ2n) is 7.27. The average Bonchev–Trinajstić information content (AvgIpc) is 2.92. The number of rotatable bonds is 6. The number of ether oxygens (including phenoxy) is 2. The van der Waals surface area contributed by atoms with Gasteiger partial charge in [0, 0.05) is 19.0 Å². The Labute approximate surface area is 181 Å². The summed E-state index contributed by atoms with van der Waals surface area (Å²) in [5.74, 6) is 0.458. The molecule has 1 aliphatic heterocycles. The minimum Gasteiger partial charge on any atom is -0.490 e. The lowest BCUT2D eigenvalue weighted by Gasteiger charge is -2.18. The molecular formula is C21H25N3O6S. The van der Waals surface area contributed by atoms with E-state index in [-0.39, 0.29) is 17.2 Å². The topological polar surface area (TPSA) is 123 Å². The Hall–Kier alpha value is -3.27. The molecule has 0 saturated heterocycles. The number of hydrogen-bond acceptors (Lipinski definition) is 6. The van der Waals surface area contributed by atoms with Gasteiger partial charge in [0.05, 0.1) is 36.8 Å². The van der Waals surface area contributed by atoms with Crippen LogP contribution in [0.15, 0.2) is 36.4 Å². The van der Waals surface area contributed by atoms with Crippen molar-refractivity contribution in [2.24, 2.45) is 0 Å². The standard InChI is InChI=1S/C21H25N3O6S/c1-13(15-5-8-19-20(11-15)30-10-4-9-29-19)22-21(26)17-12-16(23-14(2)25)6-7-18(17)24-31(3,27)28/h5-8,11-13,24H,4,9-10H2,1-3H3,(H,22,26)(H,23,25). The average molecular weight is 448 g/mol. The molecule has 0 saturated carbocycles. The molecule has 2 aromatic carbocycles. The summed E-state index contributed by atoms with van der Waals surface area (Å²) >= 11 is 0. The van der Waals surface area contributed by atoms with Gasteiger partial charge in [-0.15, -0.1) is 0 Å². The second kappa shape index (κ2) is 9.25. The lowest BCUT2D eigenvalue weighted by molar-refractivity contribution is -0.114. The highest BCUT2D eigenvalue weighted by atomic mass is 32.2. The van der Waals surface area contributed by atoms with Gasteiger partial charge in [-0.25, -0.2) is 8.42 Å². The summed E-state index contributed by atoms with van der Waals surface area (Å²) in [6.07, 6.45) is 1.79. The molecule has 0 radical (unpaired) electrons. The van der Waals surface area contributed by atoms with Crippen LogP contribution in [0.3, 0.4) is 0 Å². The van der Waals surface area contributed by atoms with Gasteiger partial charge in [0.1, 0.15) is 0 Å². The first kappa shape index (κ1) is 22.4. The number of nitrogens with one attached hydrogen (secondary N) is 3. The predicted molar refractivity (Wildman–Crippen MR) is 117 cm³/mol. The van der Waals surface area contributed by atoms with Crippen LogP contribution in [0.5, 0.6) is 11.5 Å². The molecule has 9 nitrogen and oxygen atoms in total. The van der Waals surface area contributed by atoms with E-state index in [2.05, 4.69) is 15.4 Å². The molecule has 1 unspecified atom stereocenters. The lowest BCUT2D eigenvalue weighted by atomic mass is 10.1. The fourth-order valence-corrected chi connectivity index (χ4v) is 3.69. The number of carbonyl (C=O) groups excluding carboxylic acids is 2. The molecule has 0 aliphatic carbocycles. The van der Waals surface area contributed by atoms with E-state index in [4.69, 9.17) is 9.47 Å². The summed E-state index contributed by atoms with van der Waals surface area (Å²) in [5, 5.41) is 5.45. The molecule has 1 heterocycles. The zero-order valence-corrected chi connectivity index (χ0v) is 18.3. The fourth-order valence-electron chi connectivity index (χ4n) is 3.11. The Morgan fingerprint density at radius 1 is 1.03 bits per heavy atom. The van der Waals surface area contributed by atoms with Crippen molar-refractivity contribution < 1.29 is 27.5 Å². The first-order valence-electron chi connectivity index (χ1n) is 9.72. The first-order chi connectivity index (χ1) is 14.6. The molecular weight excluding hydrogens is 422 g/mol. The van der Waals surface area contributed by atoms with Crippen LogP contribution >= 0.6 is 0 Å². The van der Waals surface area contributed by atoms with E-state index in [1.165, 1.54) is 25.1 Å². The van der Waals surface area contributed by atoms with E-state index < -0.39 is 22.0 Å². The maximum Gasteiger partial charge on any atom is 0.253 e. The number of fused-ring (bicyclic) bond motifs is 1. The van der Waals surface area contributed by atoms with Gasteiger partial charge in [-0.05, 0) is 42.8 Å². The maximum atomic E-state index is 13.0. The third kappa shape index (κ3) is 6.11. The van der Waals surface area contributed by atoms with Crippen molar-refractivity contribution >= 4 is 33.2 Å². The smallest absolute Gasteiger partial charge is 0.253 e. The summed E-state index contributed by atoms with van der Waals surface area (Å²) in [6.45, 7) is 4.28. The van der Waals surface area contributed by atoms with E-state index in [9.17, 15) is 18.0 Å². The molecule has 2 amide bonds. The van der Waals surface area contributed by atoms with Crippen molar-refractivity contribution in [3.8, 4) is 11.5 Å². The molecule has 166 valence electrons. The van der Waals surface area contributed by atoms with Crippen LogP contribution < -0.4 is 24.8 Å². The van der Waals surface area contributed by atoms with E-state index >= 15 is 0 Å². The highest BCUT2D eigenvalue weighted by Crippen LogP contribution is 2.32. The van der Waals surface area contributed by atoms with Crippen molar-refractivity contribution in [1.29, 1.82) is 0 Å². The molecule has 0 bridgehead atoms. The fraction of sp³-hybridized carbons (Fsp3) is 0.333. The van der Waals surface area contributed by atoms with Crippen molar-refractivity contribution in [3.63, 3.8) is 0 Å². The minimum absolute atomic E-state index is 0.0814. The van der Waals surface area contributed by atoms with E-state index in [1.54, 1.807) is 13.0 Å². The molecule has 0 aromatic heterocycles. The zero-order chi connectivity index (χ0) is 22.6. The van der Waals surface area contributed by atoms with Crippen LogP contribution in [0.1, 0.15) is 42.2 Å². The van der Waals surface area contributed by atoms with Crippen LogP contribution in [0.25, 0.3) is 0 Å². The Kier molecular flexibility index (Phi) is 6.69. The number of sulfonamides is 1. The van der Waals surface area contributed by atoms with Gasteiger partial charge < -0.3 is 20.1 Å². The Morgan fingerprint density at radius 2 is 1.74 bits per heavy atom. The van der Waals surface area contributed by atoms with Crippen molar-refractivity contribution in [2.75, 3.05) is 29.5 Å². The third-order valence-electron chi connectivity index (χ3n) is 4.50. The van der Waals surface area contributed by atoms with Gasteiger partial charge in [0.15, 0.2) is 11.5 Å². The minimum atomic E-state index is -3.61. The number of carbonyl (C=O) groups is 2. The third-order valence-corrected chi connectivity index (χ3v) is 5.09. The predicted octanol–water partition coefficient (Wildman–Crippen LogP) is 2.67. The molecule has 3 rings (SSSR count). The quantitative estimate of drug-likeness (QED) is 0.626. The molecule has 0 fully saturated rings. The molecule has 0 spiro atoms. The monoisotopic (exact) mass is 447 g/mol.